The number of rotatable bonds is 3. The Labute approximate surface area is 112 Å². The molecule has 0 aliphatic heterocycles. The van der Waals surface area contributed by atoms with Gasteiger partial charge in [-0.25, -0.2) is 9.37 Å². The lowest BCUT2D eigenvalue weighted by molar-refractivity contribution is 0.626. The Bertz CT molecular complexity index is 534. The first-order valence-electron chi connectivity index (χ1n) is 4.94. The maximum absolute atomic E-state index is 12.9. The van der Waals surface area contributed by atoms with Crippen molar-refractivity contribution in [2.45, 2.75) is 6.54 Å². The smallest absolute Gasteiger partial charge is 0.143 e. The molecule has 0 atom stereocenters. The van der Waals surface area contributed by atoms with E-state index in [9.17, 15) is 4.39 Å². The number of hydrogen-bond donors (Lipinski definition) is 1. The zero-order valence-corrected chi connectivity index (χ0v) is 11.1. The number of benzene rings is 1. The highest BCUT2D eigenvalue weighted by Crippen LogP contribution is 2.23. The van der Waals surface area contributed by atoms with Gasteiger partial charge < -0.3 is 5.32 Å². The summed E-state index contributed by atoms with van der Waals surface area (Å²) in [6.07, 6.45) is 1.63. The van der Waals surface area contributed by atoms with E-state index >= 15 is 0 Å². The molecule has 88 valence electrons. The van der Waals surface area contributed by atoms with Gasteiger partial charge in [0.1, 0.15) is 11.0 Å². The third-order valence-electron chi connectivity index (χ3n) is 2.18. The molecule has 0 unspecified atom stereocenters. The summed E-state index contributed by atoms with van der Waals surface area (Å²) in [4.78, 5) is 3.99. The molecular weight excluding hydrogens is 307 g/mol. The lowest BCUT2D eigenvalue weighted by Gasteiger charge is -2.07. The van der Waals surface area contributed by atoms with Crippen molar-refractivity contribution in [3.05, 3.63) is 57.5 Å². The zero-order valence-electron chi connectivity index (χ0n) is 8.75. The van der Waals surface area contributed by atoms with Gasteiger partial charge in [0.25, 0.3) is 0 Å². The SMILES string of the molecule is Fc1cccc(CNc2cnc(Cl)c(Br)c2)c1. The van der Waals surface area contributed by atoms with E-state index in [1.54, 1.807) is 12.3 Å². The van der Waals surface area contributed by atoms with E-state index in [-0.39, 0.29) is 5.82 Å². The fraction of sp³-hybridized carbons (Fsp3) is 0.0833. The van der Waals surface area contributed by atoms with Gasteiger partial charge in [0.2, 0.25) is 0 Å². The first kappa shape index (κ1) is 12.3. The molecule has 2 aromatic rings. The summed E-state index contributed by atoms with van der Waals surface area (Å²) in [5.41, 5.74) is 1.70. The van der Waals surface area contributed by atoms with Crippen molar-refractivity contribution in [1.82, 2.24) is 4.98 Å². The van der Waals surface area contributed by atoms with Gasteiger partial charge in [-0.15, -0.1) is 0 Å². The first-order chi connectivity index (χ1) is 8.15. The molecule has 1 N–H and O–H groups in total. The minimum absolute atomic E-state index is 0.236. The van der Waals surface area contributed by atoms with Crippen LogP contribution in [0.25, 0.3) is 0 Å². The lowest BCUT2D eigenvalue weighted by Crippen LogP contribution is -2.00. The molecule has 0 saturated heterocycles. The molecule has 17 heavy (non-hydrogen) atoms. The van der Waals surface area contributed by atoms with E-state index in [0.29, 0.717) is 11.7 Å². The van der Waals surface area contributed by atoms with E-state index < -0.39 is 0 Å². The van der Waals surface area contributed by atoms with Crippen molar-refractivity contribution in [2.75, 3.05) is 5.32 Å². The predicted molar refractivity (Wildman–Crippen MR) is 70.7 cm³/mol. The van der Waals surface area contributed by atoms with Crippen LogP contribution in [0, 0.1) is 5.82 Å². The summed E-state index contributed by atoms with van der Waals surface area (Å²) in [6.45, 7) is 0.535. The summed E-state index contributed by atoms with van der Waals surface area (Å²) in [6, 6.07) is 8.28. The number of hydrogen-bond acceptors (Lipinski definition) is 2. The van der Waals surface area contributed by atoms with Gasteiger partial charge in [-0.3, -0.25) is 0 Å². The second-order valence-electron chi connectivity index (χ2n) is 3.48. The van der Waals surface area contributed by atoms with Crippen LogP contribution in [0.5, 0.6) is 0 Å². The molecule has 0 fully saturated rings. The van der Waals surface area contributed by atoms with Crippen LogP contribution in [-0.4, -0.2) is 4.98 Å². The van der Waals surface area contributed by atoms with E-state index in [1.165, 1.54) is 12.1 Å². The maximum atomic E-state index is 12.9. The average molecular weight is 316 g/mol. The van der Waals surface area contributed by atoms with E-state index in [2.05, 4.69) is 26.2 Å². The highest BCUT2D eigenvalue weighted by molar-refractivity contribution is 9.10. The number of nitrogens with zero attached hydrogens (tertiary/aromatic N) is 1. The minimum atomic E-state index is -0.236. The third-order valence-corrected chi connectivity index (χ3v) is 3.32. The first-order valence-corrected chi connectivity index (χ1v) is 6.11. The largest absolute Gasteiger partial charge is 0.380 e. The second-order valence-corrected chi connectivity index (χ2v) is 4.69. The Hall–Kier alpha value is -1.13. The Morgan fingerprint density at radius 3 is 2.88 bits per heavy atom. The van der Waals surface area contributed by atoms with E-state index in [4.69, 9.17) is 11.6 Å². The highest BCUT2D eigenvalue weighted by atomic mass is 79.9. The third kappa shape index (κ3) is 3.41. The van der Waals surface area contributed by atoms with E-state index in [0.717, 1.165) is 15.7 Å². The second kappa shape index (κ2) is 5.47. The fourth-order valence-corrected chi connectivity index (χ4v) is 1.82. The molecule has 1 aromatic heterocycles. The molecule has 5 heteroatoms. The number of pyridine rings is 1. The topological polar surface area (TPSA) is 24.9 Å². The minimum Gasteiger partial charge on any atom is -0.380 e. The molecule has 0 aliphatic carbocycles. The standard InChI is InChI=1S/C12H9BrClFN2/c13-11-5-10(7-17-12(11)14)16-6-8-2-1-3-9(15)4-8/h1-5,7,16H,6H2. The van der Waals surface area contributed by atoms with Crippen molar-refractivity contribution in [2.24, 2.45) is 0 Å². The monoisotopic (exact) mass is 314 g/mol. The van der Waals surface area contributed by atoms with Gasteiger partial charge in [-0.1, -0.05) is 23.7 Å². The molecule has 0 amide bonds. The van der Waals surface area contributed by atoms with Crippen LogP contribution in [0.4, 0.5) is 10.1 Å². The van der Waals surface area contributed by atoms with Gasteiger partial charge >= 0.3 is 0 Å². The zero-order chi connectivity index (χ0) is 12.3. The van der Waals surface area contributed by atoms with Crippen LogP contribution in [-0.2, 0) is 6.54 Å². The molecular formula is C12H9BrClFN2. The molecule has 0 bridgehead atoms. The van der Waals surface area contributed by atoms with Crippen molar-refractivity contribution in [3.63, 3.8) is 0 Å². The molecule has 2 nitrogen and oxygen atoms in total. The Morgan fingerprint density at radius 1 is 1.35 bits per heavy atom. The van der Waals surface area contributed by atoms with Crippen LogP contribution in [0.15, 0.2) is 41.0 Å². The molecule has 1 heterocycles. The maximum Gasteiger partial charge on any atom is 0.143 e. The molecule has 0 radical (unpaired) electrons. The van der Waals surface area contributed by atoms with Crippen LogP contribution in [0.2, 0.25) is 5.15 Å². The number of aromatic nitrogens is 1. The Balaban J connectivity index is 2.05. The summed E-state index contributed by atoms with van der Waals surface area (Å²) in [7, 11) is 0. The van der Waals surface area contributed by atoms with Gasteiger partial charge in [0.15, 0.2) is 0 Å². The Morgan fingerprint density at radius 2 is 2.18 bits per heavy atom. The predicted octanol–water partition coefficient (Wildman–Crippen LogP) is 4.25. The lowest BCUT2D eigenvalue weighted by atomic mass is 10.2. The fourth-order valence-electron chi connectivity index (χ4n) is 1.37. The van der Waals surface area contributed by atoms with Crippen LogP contribution in [0.3, 0.4) is 0 Å². The summed E-state index contributed by atoms with van der Waals surface area (Å²) >= 11 is 9.07. The average Bonchev–Trinajstić information content (AvgIpc) is 2.31. The summed E-state index contributed by atoms with van der Waals surface area (Å²) < 4.78 is 13.7. The van der Waals surface area contributed by atoms with Gasteiger partial charge in [0, 0.05) is 6.54 Å². The van der Waals surface area contributed by atoms with Gasteiger partial charge in [0.05, 0.1) is 16.4 Å². The van der Waals surface area contributed by atoms with E-state index in [1.807, 2.05) is 12.1 Å². The van der Waals surface area contributed by atoms with Crippen molar-refractivity contribution < 1.29 is 4.39 Å². The van der Waals surface area contributed by atoms with Crippen LogP contribution >= 0.6 is 27.5 Å². The number of nitrogens with one attached hydrogen (secondary N) is 1. The van der Waals surface area contributed by atoms with Crippen molar-refractivity contribution in [3.8, 4) is 0 Å². The summed E-state index contributed by atoms with van der Waals surface area (Å²) in [5, 5.41) is 3.56. The van der Waals surface area contributed by atoms with Crippen molar-refractivity contribution in [1.29, 1.82) is 0 Å². The molecule has 0 spiro atoms. The number of anilines is 1. The van der Waals surface area contributed by atoms with Crippen LogP contribution in [0.1, 0.15) is 5.56 Å². The molecule has 0 saturated carbocycles. The molecule has 0 aliphatic rings. The van der Waals surface area contributed by atoms with Gasteiger partial charge in [-0.05, 0) is 39.7 Å². The highest BCUT2D eigenvalue weighted by Gasteiger charge is 2.00. The molecule has 1 aromatic carbocycles. The quantitative estimate of drug-likeness (QED) is 0.857. The molecule has 2 rings (SSSR count). The number of halogens is 3. The normalized spacial score (nSPS) is 10.3. The van der Waals surface area contributed by atoms with Gasteiger partial charge in [-0.2, -0.15) is 0 Å². The van der Waals surface area contributed by atoms with Crippen molar-refractivity contribution >= 4 is 33.2 Å². The summed E-state index contributed by atoms with van der Waals surface area (Å²) in [5.74, 6) is -0.236. The Kier molecular flexibility index (Phi) is 3.97. The van der Waals surface area contributed by atoms with Crippen LogP contribution < -0.4 is 5.32 Å².